The van der Waals surface area contributed by atoms with Gasteiger partial charge in [-0.15, -0.1) is 0 Å². The zero-order valence-electron chi connectivity index (χ0n) is 23.0. The highest BCUT2D eigenvalue weighted by Crippen LogP contribution is 2.48. The molecule has 1 amide bonds. The molecule has 33 heavy (non-hydrogen) atoms. The van der Waals surface area contributed by atoms with E-state index in [0.29, 0.717) is 17.7 Å². The number of carbonyl (C=O) groups excluding carboxylic acids is 1. The Morgan fingerprint density at radius 1 is 0.939 bits per heavy atom. The zero-order valence-corrected chi connectivity index (χ0v) is 25.0. The molecule has 0 aromatic heterocycles. The molecule has 1 N–H and O–H groups in total. The fraction of sp³-hybridized carbons (Fsp3) is 0.958. The van der Waals surface area contributed by atoms with Crippen LogP contribution in [-0.4, -0.2) is 60.8 Å². The third-order valence-electron chi connectivity index (χ3n) is 7.10. The maximum Gasteiger partial charge on any atom is 0.407 e. The molecule has 1 aliphatic heterocycles. The molecule has 0 aromatic rings. The van der Waals surface area contributed by atoms with Crippen molar-refractivity contribution in [2.24, 2.45) is 5.92 Å². The fourth-order valence-electron chi connectivity index (χ4n) is 5.48. The van der Waals surface area contributed by atoms with Gasteiger partial charge in [0.2, 0.25) is 0 Å². The van der Waals surface area contributed by atoms with E-state index in [9.17, 15) is 4.79 Å². The number of carbonyl (C=O) groups is 1. The molecule has 1 heterocycles. The summed E-state index contributed by atoms with van der Waals surface area (Å²) in [5.41, 5.74) is 0.547. The lowest BCUT2D eigenvalue weighted by atomic mass is 10.1. The van der Waals surface area contributed by atoms with E-state index in [0.717, 1.165) is 6.42 Å². The minimum Gasteiger partial charge on any atom is -0.444 e. The van der Waals surface area contributed by atoms with Gasteiger partial charge in [0.25, 0.3) is 0 Å². The van der Waals surface area contributed by atoms with Crippen molar-refractivity contribution >= 4 is 23.2 Å². The van der Waals surface area contributed by atoms with E-state index in [-0.39, 0.29) is 35.3 Å². The molecule has 0 bridgehead atoms. The summed E-state index contributed by atoms with van der Waals surface area (Å²) in [6.07, 6.45) is -0.182. The molecular weight excluding hydrogens is 454 g/mol. The topological polar surface area (TPSA) is 75.3 Å². The van der Waals surface area contributed by atoms with E-state index in [1.54, 1.807) is 7.11 Å². The Kier molecular flexibility index (Phi) is 9.30. The summed E-state index contributed by atoms with van der Waals surface area (Å²) in [5.74, 6) is 0.118. The lowest BCUT2D eigenvalue weighted by Crippen LogP contribution is -2.65. The Balaban J connectivity index is 2.45. The number of nitrogens with one attached hydrogen (secondary N) is 1. The predicted molar refractivity (Wildman–Crippen MR) is 136 cm³/mol. The van der Waals surface area contributed by atoms with E-state index in [4.69, 9.17) is 22.4 Å². The van der Waals surface area contributed by atoms with Crippen LogP contribution < -0.4 is 5.32 Å². The van der Waals surface area contributed by atoms with Crippen LogP contribution in [0.5, 0.6) is 0 Å². The van der Waals surface area contributed by atoms with Gasteiger partial charge in [-0.1, -0.05) is 55.4 Å². The number of hydrogen-bond donors (Lipinski definition) is 1. The number of ether oxygens (including phenoxy) is 2. The van der Waals surface area contributed by atoms with Crippen molar-refractivity contribution < 1.29 is 27.2 Å². The number of alkyl carbamates (subject to hydrolysis) is 1. The Bertz CT molecular complexity index is 648. The third kappa shape index (κ3) is 6.03. The maximum atomic E-state index is 12.6. The second-order valence-electron chi connectivity index (χ2n) is 12.0. The highest BCUT2D eigenvalue weighted by molar-refractivity contribution is 6.83. The molecule has 1 saturated carbocycles. The molecule has 0 unspecified atom stereocenters. The van der Waals surface area contributed by atoms with Crippen molar-refractivity contribution in [3.05, 3.63) is 0 Å². The summed E-state index contributed by atoms with van der Waals surface area (Å²) < 4.78 is 32.7. The van der Waals surface area contributed by atoms with Gasteiger partial charge in [-0.2, -0.15) is 0 Å². The third-order valence-corrected chi connectivity index (χ3v) is 17.3. The van der Waals surface area contributed by atoms with Crippen LogP contribution >= 0.6 is 0 Å². The number of amides is 1. The molecule has 0 spiro atoms. The number of fused-ring (bicyclic) bond motifs is 1. The summed E-state index contributed by atoms with van der Waals surface area (Å²) in [4.78, 5) is 12.6. The molecule has 7 nitrogen and oxygen atoms in total. The quantitative estimate of drug-likeness (QED) is 0.457. The minimum atomic E-state index is -2.72. The molecule has 0 aromatic carbocycles. The van der Waals surface area contributed by atoms with Crippen molar-refractivity contribution in [3.63, 3.8) is 0 Å². The van der Waals surface area contributed by atoms with Crippen molar-refractivity contribution in [3.8, 4) is 0 Å². The summed E-state index contributed by atoms with van der Waals surface area (Å²) in [7, 11) is -3.60. The first-order valence-corrected chi connectivity index (χ1v) is 16.6. The van der Waals surface area contributed by atoms with Gasteiger partial charge in [-0.05, 0) is 49.4 Å². The first-order valence-electron chi connectivity index (χ1n) is 12.6. The molecule has 9 heteroatoms. The smallest absolute Gasteiger partial charge is 0.407 e. The molecular formula is C24H49NO6Si2. The molecule has 2 rings (SSSR count). The van der Waals surface area contributed by atoms with Crippen molar-refractivity contribution in [2.45, 2.75) is 129 Å². The van der Waals surface area contributed by atoms with Crippen LogP contribution in [0.4, 0.5) is 4.79 Å². The average Bonchev–Trinajstić information content (AvgIpc) is 2.94. The fourth-order valence-corrected chi connectivity index (χ4v) is 16.8. The summed E-state index contributed by atoms with van der Waals surface area (Å²) in [6, 6.07) is -0.207. The highest BCUT2D eigenvalue weighted by Gasteiger charge is 2.61. The second kappa shape index (κ2) is 10.7. The van der Waals surface area contributed by atoms with Crippen LogP contribution in [0, 0.1) is 5.92 Å². The number of hydrogen-bond acceptors (Lipinski definition) is 6. The van der Waals surface area contributed by atoms with Crippen molar-refractivity contribution in [1.82, 2.24) is 5.32 Å². The van der Waals surface area contributed by atoms with Gasteiger partial charge < -0.3 is 27.8 Å². The predicted octanol–water partition coefficient (Wildman–Crippen LogP) is 5.87. The molecule has 194 valence electrons. The lowest BCUT2D eigenvalue weighted by molar-refractivity contribution is -0.0407. The molecule has 1 saturated heterocycles. The summed E-state index contributed by atoms with van der Waals surface area (Å²) in [5, 5.41) is 3.05. The standard InChI is InChI=1S/C24H49NO6Si2/c1-15(2)32(16(3)4)28-14-19-13-20(25-23(26)29-24(9,10)11)22(27-12)21(19)30-33(31-32,17(5)6)18(7)8/h15-22H,13-14H2,1-12H3,(H,25,26)/t19-,20-,21-,22+/m1/s1. The van der Waals surface area contributed by atoms with Gasteiger partial charge in [0.15, 0.2) is 0 Å². The van der Waals surface area contributed by atoms with E-state index < -0.39 is 28.8 Å². The molecule has 0 radical (unpaired) electrons. The van der Waals surface area contributed by atoms with Crippen LogP contribution in [0.25, 0.3) is 0 Å². The highest BCUT2D eigenvalue weighted by atomic mass is 28.5. The average molecular weight is 504 g/mol. The van der Waals surface area contributed by atoms with E-state index in [1.807, 2.05) is 20.8 Å². The maximum absolute atomic E-state index is 12.6. The lowest BCUT2D eigenvalue weighted by Gasteiger charge is -2.52. The normalized spacial score (nSPS) is 29.8. The van der Waals surface area contributed by atoms with Gasteiger partial charge in [-0.25, -0.2) is 4.79 Å². The van der Waals surface area contributed by atoms with Gasteiger partial charge in [-0.3, -0.25) is 0 Å². The van der Waals surface area contributed by atoms with Crippen LogP contribution in [0.2, 0.25) is 22.2 Å². The van der Waals surface area contributed by atoms with E-state index in [2.05, 4.69) is 60.7 Å². The Hall–Kier alpha value is -0.456. The Labute approximate surface area is 204 Å². The monoisotopic (exact) mass is 503 g/mol. The van der Waals surface area contributed by atoms with Crippen molar-refractivity contribution in [1.29, 1.82) is 0 Å². The zero-order chi connectivity index (χ0) is 25.4. The molecule has 2 fully saturated rings. The van der Waals surface area contributed by atoms with Gasteiger partial charge in [0.05, 0.1) is 12.1 Å². The number of rotatable bonds is 6. The van der Waals surface area contributed by atoms with Crippen molar-refractivity contribution in [2.75, 3.05) is 13.7 Å². The van der Waals surface area contributed by atoms with E-state index in [1.165, 1.54) is 0 Å². The molecule has 4 atom stereocenters. The van der Waals surface area contributed by atoms with Crippen LogP contribution in [0.3, 0.4) is 0 Å². The van der Waals surface area contributed by atoms with E-state index >= 15 is 0 Å². The first kappa shape index (κ1) is 28.8. The first-order chi connectivity index (χ1) is 15.1. The second-order valence-corrected chi connectivity index (χ2v) is 20.9. The van der Waals surface area contributed by atoms with Crippen LogP contribution in [-0.2, 0) is 22.4 Å². The Morgan fingerprint density at radius 2 is 1.45 bits per heavy atom. The molecule has 1 aliphatic carbocycles. The minimum absolute atomic E-state index is 0.118. The van der Waals surface area contributed by atoms with Crippen LogP contribution in [0.1, 0.15) is 82.6 Å². The molecule has 2 aliphatic rings. The van der Waals surface area contributed by atoms with Gasteiger partial charge in [0, 0.05) is 19.6 Å². The van der Waals surface area contributed by atoms with Crippen LogP contribution in [0.15, 0.2) is 0 Å². The summed E-state index contributed by atoms with van der Waals surface area (Å²) in [6.45, 7) is 23.9. The van der Waals surface area contributed by atoms with Gasteiger partial charge >= 0.3 is 23.2 Å². The Morgan fingerprint density at radius 3 is 1.88 bits per heavy atom. The SMILES string of the molecule is CO[C@@H]1[C@@H]2O[Si](C(C)C)(C(C)C)O[Si](C(C)C)(C(C)C)OC[C@H]2C[C@H]1NC(=O)OC(C)(C)C. The summed E-state index contributed by atoms with van der Waals surface area (Å²) >= 11 is 0. The van der Waals surface area contributed by atoms with Gasteiger partial charge in [0.1, 0.15) is 11.7 Å². The largest absolute Gasteiger partial charge is 0.444 e. The number of methoxy groups -OCH3 is 1.